The van der Waals surface area contributed by atoms with Crippen LogP contribution in [0.25, 0.3) is 0 Å². The predicted octanol–water partition coefficient (Wildman–Crippen LogP) is 4.87. The lowest BCUT2D eigenvalue weighted by atomic mass is 9.45. The minimum absolute atomic E-state index is 0.00557. The highest BCUT2D eigenvalue weighted by atomic mass is 35.5. The van der Waals surface area contributed by atoms with Crippen LogP contribution >= 0.6 is 23.2 Å². The molecule has 1 heterocycles. The fraction of sp³-hybridized carbons (Fsp3) is 0.593. The van der Waals surface area contributed by atoms with Gasteiger partial charge < -0.3 is 14.3 Å². The van der Waals surface area contributed by atoms with Gasteiger partial charge in [0.1, 0.15) is 0 Å². The molecule has 5 rings (SSSR count). The summed E-state index contributed by atoms with van der Waals surface area (Å²) in [4.78, 5) is 37.7. The minimum atomic E-state index is -1.53. The first-order chi connectivity index (χ1) is 16.5. The molecule has 6 nitrogen and oxygen atoms in total. The Morgan fingerprint density at radius 2 is 2.03 bits per heavy atom. The maximum absolute atomic E-state index is 13.6. The molecule has 1 aromatic rings. The zero-order valence-corrected chi connectivity index (χ0v) is 21.6. The molecule has 0 radical (unpaired) electrons. The van der Waals surface area contributed by atoms with Gasteiger partial charge in [0.2, 0.25) is 5.76 Å². The standard InChI is InChI=1S/C27H30Cl2O6/c1-15-11-19-18-7-6-16-12-17(30)8-9-24(16,2)26(18,29)21(31)13-25(19,3)27(15,22(32)14-28)35-23(33)20-5-4-10-34-20/h4-5,8-10,12,15,18-19,21,31H,6-7,11,13-14H2,1-3H3/t15-,18?,19?,21+,24+,25+,26?,27-/m1/s1. The van der Waals surface area contributed by atoms with Crippen LogP contribution in [0.5, 0.6) is 0 Å². The van der Waals surface area contributed by atoms with Crippen LogP contribution in [0.15, 0.2) is 46.6 Å². The molecule has 1 N–H and O–H groups in total. The van der Waals surface area contributed by atoms with Gasteiger partial charge in [0.25, 0.3) is 0 Å². The summed E-state index contributed by atoms with van der Waals surface area (Å²) in [7, 11) is 0. The molecule has 0 bridgehead atoms. The van der Waals surface area contributed by atoms with Gasteiger partial charge in [-0.25, -0.2) is 4.79 Å². The smallest absolute Gasteiger partial charge is 0.375 e. The topological polar surface area (TPSA) is 93.8 Å². The fourth-order valence-electron chi connectivity index (χ4n) is 8.09. The molecule has 0 aliphatic heterocycles. The van der Waals surface area contributed by atoms with E-state index in [-0.39, 0.29) is 47.4 Å². The monoisotopic (exact) mass is 520 g/mol. The maximum Gasteiger partial charge on any atom is 0.375 e. The van der Waals surface area contributed by atoms with Gasteiger partial charge in [-0.2, -0.15) is 0 Å². The Hall–Kier alpha value is -1.89. The summed E-state index contributed by atoms with van der Waals surface area (Å²) in [6.07, 6.45) is 7.44. The van der Waals surface area contributed by atoms with Crippen molar-refractivity contribution in [2.45, 2.75) is 63.0 Å². The highest BCUT2D eigenvalue weighted by Crippen LogP contribution is 2.72. The van der Waals surface area contributed by atoms with E-state index in [9.17, 15) is 19.5 Å². The summed E-state index contributed by atoms with van der Waals surface area (Å²) in [5.41, 5.74) is -2.20. The second kappa shape index (κ2) is 8.06. The van der Waals surface area contributed by atoms with Crippen molar-refractivity contribution in [1.82, 2.24) is 0 Å². The molecular formula is C27H30Cl2O6. The number of esters is 1. The fourth-order valence-corrected chi connectivity index (χ4v) is 8.81. The normalized spacial score (nSPS) is 44.2. The number of aliphatic hydroxyl groups is 1. The summed E-state index contributed by atoms with van der Waals surface area (Å²) < 4.78 is 11.3. The Balaban J connectivity index is 1.61. The van der Waals surface area contributed by atoms with E-state index in [1.54, 1.807) is 12.1 Å². The molecule has 0 saturated heterocycles. The first-order valence-electron chi connectivity index (χ1n) is 12.1. The van der Waals surface area contributed by atoms with Gasteiger partial charge in [-0.15, -0.1) is 23.2 Å². The van der Waals surface area contributed by atoms with Crippen LogP contribution in [0.3, 0.4) is 0 Å². The van der Waals surface area contributed by atoms with Gasteiger partial charge in [-0.05, 0) is 61.8 Å². The summed E-state index contributed by atoms with van der Waals surface area (Å²) in [5.74, 6) is -2.12. The molecule has 3 fully saturated rings. The molecule has 35 heavy (non-hydrogen) atoms. The van der Waals surface area contributed by atoms with Gasteiger partial charge in [-0.1, -0.05) is 32.4 Å². The Morgan fingerprint density at radius 3 is 2.69 bits per heavy atom. The Labute approximate surface area is 214 Å². The third-order valence-electron chi connectivity index (χ3n) is 9.69. The largest absolute Gasteiger partial charge is 0.457 e. The van der Waals surface area contributed by atoms with E-state index in [1.165, 1.54) is 18.4 Å². The Kier molecular flexibility index (Phi) is 5.71. The van der Waals surface area contributed by atoms with Crippen LogP contribution in [0.1, 0.15) is 57.0 Å². The molecule has 8 atom stereocenters. The van der Waals surface area contributed by atoms with Crippen LogP contribution < -0.4 is 0 Å². The number of carbonyl (C=O) groups excluding carboxylic acids is 3. The van der Waals surface area contributed by atoms with Crippen LogP contribution in [-0.4, -0.2) is 45.1 Å². The number of Topliss-reactive ketones (excluding diaryl/α,β-unsaturated/α-hetero) is 1. The molecule has 0 aromatic carbocycles. The number of alkyl halides is 2. The molecule has 1 aromatic heterocycles. The number of rotatable bonds is 4. The summed E-state index contributed by atoms with van der Waals surface area (Å²) in [5, 5.41) is 11.8. The third kappa shape index (κ3) is 3.02. The number of carbonyl (C=O) groups is 3. The summed E-state index contributed by atoms with van der Waals surface area (Å²) in [6.45, 7) is 5.81. The van der Waals surface area contributed by atoms with Gasteiger partial charge in [-0.3, -0.25) is 9.59 Å². The van der Waals surface area contributed by atoms with E-state index >= 15 is 0 Å². The van der Waals surface area contributed by atoms with Gasteiger partial charge >= 0.3 is 5.97 Å². The van der Waals surface area contributed by atoms with E-state index in [4.69, 9.17) is 32.4 Å². The lowest BCUT2D eigenvalue weighted by Crippen LogP contribution is -2.69. The van der Waals surface area contributed by atoms with Crippen molar-refractivity contribution in [3.8, 4) is 0 Å². The van der Waals surface area contributed by atoms with Gasteiger partial charge in [0.05, 0.1) is 23.1 Å². The van der Waals surface area contributed by atoms with E-state index in [2.05, 4.69) is 0 Å². The average molecular weight is 521 g/mol. The van der Waals surface area contributed by atoms with Crippen molar-refractivity contribution in [1.29, 1.82) is 0 Å². The second-order valence-electron chi connectivity index (χ2n) is 11.1. The molecule has 0 spiro atoms. The quantitative estimate of drug-likeness (QED) is 0.449. The summed E-state index contributed by atoms with van der Waals surface area (Å²) >= 11 is 13.6. The zero-order valence-electron chi connectivity index (χ0n) is 20.1. The van der Waals surface area contributed by atoms with E-state index < -0.39 is 33.4 Å². The van der Waals surface area contributed by atoms with Crippen molar-refractivity contribution < 1.29 is 28.6 Å². The number of allylic oxidation sites excluding steroid dienone is 4. The number of halogens is 2. The van der Waals surface area contributed by atoms with Crippen molar-refractivity contribution in [3.05, 3.63) is 48.0 Å². The van der Waals surface area contributed by atoms with Crippen molar-refractivity contribution >= 4 is 40.7 Å². The van der Waals surface area contributed by atoms with Crippen molar-refractivity contribution in [2.24, 2.45) is 28.6 Å². The molecule has 3 saturated carbocycles. The number of ether oxygens (including phenoxy) is 1. The van der Waals surface area contributed by atoms with Crippen LogP contribution in [0.4, 0.5) is 0 Å². The molecule has 0 amide bonds. The molecular weight excluding hydrogens is 491 g/mol. The third-order valence-corrected chi connectivity index (χ3v) is 10.9. The number of ketones is 2. The lowest BCUT2D eigenvalue weighted by Gasteiger charge is -2.64. The number of hydrogen-bond donors (Lipinski definition) is 1. The van der Waals surface area contributed by atoms with E-state index in [1.807, 2.05) is 26.8 Å². The Bertz CT molecular complexity index is 1140. The molecule has 3 unspecified atom stereocenters. The molecule has 4 aliphatic rings. The van der Waals surface area contributed by atoms with Crippen molar-refractivity contribution in [2.75, 3.05) is 5.88 Å². The number of fused-ring (bicyclic) bond motifs is 5. The van der Waals surface area contributed by atoms with E-state index in [0.717, 1.165) is 5.57 Å². The zero-order chi connectivity index (χ0) is 25.4. The highest BCUT2D eigenvalue weighted by Gasteiger charge is 2.76. The van der Waals surface area contributed by atoms with Crippen LogP contribution in [0, 0.1) is 28.6 Å². The first kappa shape index (κ1) is 24.8. The van der Waals surface area contributed by atoms with E-state index in [0.29, 0.717) is 19.3 Å². The highest BCUT2D eigenvalue weighted by molar-refractivity contribution is 6.29. The summed E-state index contributed by atoms with van der Waals surface area (Å²) in [6, 6.07) is 3.07. The molecule has 4 aliphatic carbocycles. The predicted molar refractivity (Wildman–Crippen MR) is 130 cm³/mol. The minimum Gasteiger partial charge on any atom is -0.457 e. The number of furan rings is 1. The molecule has 8 heteroatoms. The van der Waals surface area contributed by atoms with Gasteiger partial charge in [0, 0.05) is 16.7 Å². The number of aliphatic hydroxyl groups excluding tert-OH is 1. The Morgan fingerprint density at radius 1 is 1.29 bits per heavy atom. The van der Waals surface area contributed by atoms with Gasteiger partial charge in [0.15, 0.2) is 17.2 Å². The second-order valence-corrected chi connectivity index (χ2v) is 12.0. The van der Waals surface area contributed by atoms with Crippen molar-refractivity contribution in [3.63, 3.8) is 0 Å². The lowest BCUT2D eigenvalue weighted by molar-refractivity contribution is -0.177. The first-order valence-corrected chi connectivity index (χ1v) is 13.0. The number of hydrogen-bond acceptors (Lipinski definition) is 6. The average Bonchev–Trinajstić information content (AvgIpc) is 3.42. The maximum atomic E-state index is 13.6. The van der Waals surface area contributed by atoms with Crippen LogP contribution in [-0.2, 0) is 14.3 Å². The SMILES string of the molecule is C[C@@H]1CC2C3CCC4=CC(=O)C=C[C@]4(C)C3(Cl)[C@@H](O)C[C@]2(C)[C@]1(OC(=O)c1ccco1)C(=O)CCl. The van der Waals surface area contributed by atoms with Crippen LogP contribution in [0.2, 0.25) is 0 Å². The molecule has 188 valence electrons.